The molecule has 0 N–H and O–H groups in total. The Balaban J connectivity index is 1.80. The fourth-order valence-electron chi connectivity index (χ4n) is 3.87. The first-order chi connectivity index (χ1) is 14.2. The van der Waals surface area contributed by atoms with Gasteiger partial charge in [-0.25, -0.2) is 14.5 Å². The molecule has 3 aromatic rings. The van der Waals surface area contributed by atoms with E-state index in [2.05, 4.69) is 28.5 Å². The fourth-order valence-corrected chi connectivity index (χ4v) is 3.87. The van der Waals surface area contributed by atoms with Gasteiger partial charge in [-0.1, -0.05) is 19.9 Å². The quantitative estimate of drug-likeness (QED) is 0.427. The van der Waals surface area contributed by atoms with Gasteiger partial charge in [-0.15, -0.1) is 0 Å². The van der Waals surface area contributed by atoms with Gasteiger partial charge in [0.15, 0.2) is 12.4 Å². The molecule has 0 fully saturated rings. The van der Waals surface area contributed by atoms with Crippen LogP contribution in [-0.2, 0) is 4.74 Å². The maximum Gasteiger partial charge on any atom is 0.342 e. The van der Waals surface area contributed by atoms with Crippen LogP contribution in [0.15, 0.2) is 36.7 Å². The second kappa shape index (κ2) is 8.65. The highest BCUT2D eigenvalue weighted by Gasteiger charge is 2.24. The first-order valence-corrected chi connectivity index (χ1v) is 10.1. The van der Waals surface area contributed by atoms with E-state index in [-0.39, 0.29) is 24.3 Å². The molecule has 3 rings (SSSR count). The largest absolute Gasteiger partial charge is 0.454 e. The van der Waals surface area contributed by atoms with E-state index in [1.807, 2.05) is 52.0 Å². The van der Waals surface area contributed by atoms with E-state index >= 15 is 0 Å². The van der Waals surface area contributed by atoms with Gasteiger partial charge in [0.2, 0.25) is 5.78 Å². The highest BCUT2D eigenvalue weighted by atomic mass is 16.5. The number of ether oxygens (including phenoxy) is 1. The number of carbonyl (C=O) groups is 2. The molecule has 0 amide bonds. The summed E-state index contributed by atoms with van der Waals surface area (Å²) in [5, 5.41) is 4.33. The number of ketones is 1. The van der Waals surface area contributed by atoms with Gasteiger partial charge in [-0.2, -0.15) is 5.10 Å². The number of esters is 1. The molecule has 0 bridgehead atoms. The van der Waals surface area contributed by atoms with Gasteiger partial charge >= 0.3 is 5.97 Å². The number of pyridine rings is 1. The average Bonchev–Trinajstić information content (AvgIpc) is 3.27. The number of nitrogens with zero attached hydrogens (tertiary/aromatic N) is 4. The van der Waals surface area contributed by atoms with E-state index in [1.165, 1.54) is 6.20 Å². The van der Waals surface area contributed by atoms with Crippen LogP contribution in [0.2, 0.25) is 0 Å². The topological polar surface area (TPSA) is 79.0 Å². The minimum absolute atomic E-state index is 0.0118. The van der Waals surface area contributed by atoms with Crippen molar-refractivity contribution in [3.63, 3.8) is 0 Å². The Morgan fingerprint density at radius 3 is 2.40 bits per heavy atom. The summed E-state index contributed by atoms with van der Waals surface area (Å²) in [6.45, 7) is 11.7. The molecule has 0 spiro atoms. The van der Waals surface area contributed by atoms with Gasteiger partial charge in [0.1, 0.15) is 5.56 Å². The number of carbonyl (C=O) groups excluding carboxylic acids is 2. The monoisotopic (exact) mass is 408 g/mol. The van der Waals surface area contributed by atoms with Crippen LogP contribution in [-0.4, -0.2) is 37.7 Å². The Kier molecular flexibility index (Phi) is 6.20. The first kappa shape index (κ1) is 21.5. The highest BCUT2D eigenvalue weighted by Crippen LogP contribution is 2.24. The van der Waals surface area contributed by atoms with Crippen molar-refractivity contribution in [1.29, 1.82) is 0 Å². The molecule has 0 aliphatic rings. The Bertz CT molecular complexity index is 1060. The van der Waals surface area contributed by atoms with Gasteiger partial charge in [0.05, 0.1) is 11.9 Å². The molecule has 30 heavy (non-hydrogen) atoms. The van der Waals surface area contributed by atoms with Crippen LogP contribution in [0, 0.1) is 13.8 Å². The molecule has 0 atom stereocenters. The van der Waals surface area contributed by atoms with E-state index < -0.39 is 5.97 Å². The minimum Gasteiger partial charge on any atom is -0.454 e. The van der Waals surface area contributed by atoms with Gasteiger partial charge in [-0.3, -0.25) is 4.79 Å². The number of Topliss-reactive ketones (excluding diaryl/α,β-unsaturated/α-hetero) is 1. The van der Waals surface area contributed by atoms with E-state index in [9.17, 15) is 9.59 Å². The lowest BCUT2D eigenvalue weighted by Crippen LogP contribution is -2.17. The van der Waals surface area contributed by atoms with Crippen molar-refractivity contribution in [2.75, 3.05) is 6.61 Å². The standard InChI is InChI=1S/C23H28N4O3/c1-14(2)22-19(12-25-27(22)21-9-7-8-10-24-21)23(29)30-13-20(28)18-11-16(5)26(15(3)4)17(18)6/h7-12,14-15H,13H2,1-6H3. The highest BCUT2D eigenvalue weighted by molar-refractivity contribution is 6.00. The molecule has 0 aliphatic carbocycles. The summed E-state index contributed by atoms with van der Waals surface area (Å²) >= 11 is 0. The zero-order chi connectivity index (χ0) is 22.0. The zero-order valence-corrected chi connectivity index (χ0v) is 18.3. The van der Waals surface area contributed by atoms with Crippen molar-refractivity contribution < 1.29 is 14.3 Å². The second-order valence-corrected chi connectivity index (χ2v) is 7.95. The van der Waals surface area contributed by atoms with E-state index in [0.29, 0.717) is 22.6 Å². The van der Waals surface area contributed by atoms with Crippen LogP contribution < -0.4 is 0 Å². The van der Waals surface area contributed by atoms with Gasteiger partial charge in [-0.05, 0) is 51.8 Å². The molecule has 158 valence electrons. The smallest absolute Gasteiger partial charge is 0.342 e. The van der Waals surface area contributed by atoms with Crippen LogP contribution in [0.5, 0.6) is 0 Å². The molecule has 0 saturated heterocycles. The fraction of sp³-hybridized carbons (Fsp3) is 0.391. The van der Waals surface area contributed by atoms with Crippen LogP contribution in [0.4, 0.5) is 0 Å². The van der Waals surface area contributed by atoms with Crippen LogP contribution in [0.25, 0.3) is 5.82 Å². The van der Waals surface area contributed by atoms with E-state index in [4.69, 9.17) is 4.74 Å². The summed E-state index contributed by atoms with van der Waals surface area (Å²) in [5.41, 5.74) is 3.52. The molecule has 7 heteroatoms. The maximum absolute atomic E-state index is 12.8. The third-order valence-electron chi connectivity index (χ3n) is 5.08. The second-order valence-electron chi connectivity index (χ2n) is 7.95. The third-order valence-corrected chi connectivity index (χ3v) is 5.08. The Hall–Kier alpha value is -3.22. The van der Waals surface area contributed by atoms with Crippen molar-refractivity contribution in [1.82, 2.24) is 19.3 Å². The van der Waals surface area contributed by atoms with Gasteiger partial charge < -0.3 is 9.30 Å². The summed E-state index contributed by atoms with van der Waals surface area (Å²) in [6.07, 6.45) is 3.15. The predicted octanol–water partition coefficient (Wildman–Crippen LogP) is 4.43. The number of aromatic nitrogens is 4. The minimum atomic E-state index is -0.563. The lowest BCUT2D eigenvalue weighted by atomic mass is 10.1. The van der Waals surface area contributed by atoms with Crippen LogP contribution in [0.3, 0.4) is 0 Å². The predicted molar refractivity (Wildman–Crippen MR) is 114 cm³/mol. The molecule has 7 nitrogen and oxygen atoms in total. The van der Waals surface area contributed by atoms with Gasteiger partial charge in [0.25, 0.3) is 0 Å². The number of hydrogen-bond donors (Lipinski definition) is 0. The number of rotatable bonds is 7. The molecule has 3 aromatic heterocycles. The molecule has 0 aromatic carbocycles. The normalized spacial score (nSPS) is 11.3. The Morgan fingerprint density at radius 2 is 1.83 bits per heavy atom. The van der Waals surface area contributed by atoms with Crippen molar-refractivity contribution in [3.05, 3.63) is 64.9 Å². The summed E-state index contributed by atoms with van der Waals surface area (Å²) in [4.78, 5) is 29.8. The molecular formula is C23H28N4O3. The van der Waals surface area contributed by atoms with E-state index in [1.54, 1.807) is 10.9 Å². The molecular weight excluding hydrogens is 380 g/mol. The van der Waals surface area contributed by atoms with Crippen molar-refractivity contribution in [2.45, 2.75) is 53.5 Å². The molecule has 0 saturated carbocycles. The van der Waals surface area contributed by atoms with Crippen LogP contribution >= 0.6 is 0 Å². The maximum atomic E-state index is 12.8. The summed E-state index contributed by atoms with van der Waals surface area (Å²) in [7, 11) is 0. The summed E-state index contributed by atoms with van der Waals surface area (Å²) < 4.78 is 9.12. The molecule has 0 unspecified atom stereocenters. The lowest BCUT2D eigenvalue weighted by molar-refractivity contribution is 0.0473. The summed E-state index contributed by atoms with van der Waals surface area (Å²) in [6, 6.07) is 7.60. The third kappa shape index (κ3) is 4.06. The Morgan fingerprint density at radius 1 is 1.10 bits per heavy atom. The SMILES string of the molecule is Cc1cc(C(=O)COC(=O)c2cnn(-c3ccccn3)c2C(C)C)c(C)n1C(C)C. The average molecular weight is 409 g/mol. The first-order valence-electron chi connectivity index (χ1n) is 10.1. The molecule has 0 radical (unpaired) electrons. The molecule has 3 heterocycles. The van der Waals surface area contributed by atoms with Gasteiger partial charge in [0, 0.05) is 29.2 Å². The Labute approximate surface area is 176 Å². The number of hydrogen-bond acceptors (Lipinski definition) is 5. The van der Waals surface area contributed by atoms with Crippen molar-refractivity contribution in [3.8, 4) is 5.82 Å². The van der Waals surface area contributed by atoms with E-state index in [0.717, 1.165) is 11.4 Å². The van der Waals surface area contributed by atoms with Crippen molar-refractivity contribution in [2.24, 2.45) is 0 Å². The van der Waals surface area contributed by atoms with Crippen LogP contribution in [0.1, 0.15) is 77.5 Å². The zero-order valence-electron chi connectivity index (χ0n) is 18.3. The number of aryl methyl sites for hydroxylation is 1. The van der Waals surface area contributed by atoms with Crippen molar-refractivity contribution >= 4 is 11.8 Å². The lowest BCUT2D eigenvalue weighted by Gasteiger charge is -2.13. The molecule has 0 aliphatic heterocycles. The summed E-state index contributed by atoms with van der Waals surface area (Å²) in [5.74, 6) is -0.145.